The third-order valence-electron chi connectivity index (χ3n) is 4.48. The van der Waals surface area contributed by atoms with Crippen LogP contribution in [0, 0.1) is 11.3 Å². The fourth-order valence-electron chi connectivity index (χ4n) is 3.26. The van der Waals surface area contributed by atoms with Gasteiger partial charge in [0.05, 0.1) is 0 Å². The quantitative estimate of drug-likeness (QED) is 0.645. The van der Waals surface area contributed by atoms with Gasteiger partial charge in [-0.1, -0.05) is 65.7 Å². The van der Waals surface area contributed by atoms with Gasteiger partial charge in [-0.15, -0.1) is 0 Å². The first-order chi connectivity index (χ1) is 8.51. The molecule has 1 fully saturated rings. The van der Waals surface area contributed by atoms with Crippen LogP contribution in [0.3, 0.4) is 0 Å². The third-order valence-corrected chi connectivity index (χ3v) is 4.48. The van der Waals surface area contributed by atoms with Crippen LogP contribution in [-0.4, -0.2) is 13.1 Å². The van der Waals surface area contributed by atoms with E-state index in [0.29, 0.717) is 5.41 Å². The zero-order chi connectivity index (χ0) is 13.4. The zero-order valence-electron chi connectivity index (χ0n) is 13.2. The molecule has 0 saturated heterocycles. The van der Waals surface area contributed by atoms with E-state index in [9.17, 15) is 0 Å². The zero-order valence-corrected chi connectivity index (χ0v) is 13.2. The van der Waals surface area contributed by atoms with Gasteiger partial charge in [0.1, 0.15) is 0 Å². The highest BCUT2D eigenvalue weighted by Crippen LogP contribution is 2.28. The lowest BCUT2D eigenvalue weighted by molar-refractivity contribution is 0.313. The number of hydrogen-bond donors (Lipinski definition) is 1. The summed E-state index contributed by atoms with van der Waals surface area (Å²) in [6.45, 7) is 7.06. The average Bonchev–Trinajstić information content (AvgIpc) is 2.54. The summed E-state index contributed by atoms with van der Waals surface area (Å²) in [5, 5.41) is 3.56. The summed E-state index contributed by atoms with van der Waals surface area (Å²) in [6, 6.07) is 0.760. The van der Waals surface area contributed by atoms with Gasteiger partial charge in [-0.3, -0.25) is 0 Å². The van der Waals surface area contributed by atoms with Gasteiger partial charge in [-0.05, 0) is 37.6 Å². The molecular formula is C17H35N. The molecule has 0 amide bonds. The van der Waals surface area contributed by atoms with Crippen LogP contribution in [-0.2, 0) is 0 Å². The summed E-state index contributed by atoms with van der Waals surface area (Å²) in [4.78, 5) is 0. The van der Waals surface area contributed by atoms with Crippen LogP contribution in [0.4, 0.5) is 0 Å². The van der Waals surface area contributed by atoms with Gasteiger partial charge >= 0.3 is 0 Å². The standard InChI is InChI=1S/C17H35N/c1-17(2,3)13-9-12-16(18-4)14-15-10-7-5-6-8-11-15/h15-16,18H,5-14H2,1-4H3. The van der Waals surface area contributed by atoms with Crippen LogP contribution in [0.15, 0.2) is 0 Å². The van der Waals surface area contributed by atoms with Crippen LogP contribution < -0.4 is 5.32 Å². The van der Waals surface area contributed by atoms with E-state index >= 15 is 0 Å². The molecule has 1 aliphatic carbocycles. The number of rotatable bonds is 6. The summed E-state index contributed by atoms with van der Waals surface area (Å²) >= 11 is 0. The molecular weight excluding hydrogens is 218 g/mol. The van der Waals surface area contributed by atoms with Crippen molar-refractivity contribution in [2.75, 3.05) is 7.05 Å². The van der Waals surface area contributed by atoms with Crippen molar-refractivity contribution in [3.05, 3.63) is 0 Å². The Bertz CT molecular complexity index is 196. The smallest absolute Gasteiger partial charge is 0.00667 e. The predicted molar refractivity (Wildman–Crippen MR) is 82.0 cm³/mol. The first-order valence-electron chi connectivity index (χ1n) is 8.18. The van der Waals surface area contributed by atoms with Crippen molar-refractivity contribution >= 4 is 0 Å². The highest BCUT2D eigenvalue weighted by molar-refractivity contribution is 4.74. The van der Waals surface area contributed by atoms with E-state index in [4.69, 9.17) is 0 Å². The van der Waals surface area contributed by atoms with E-state index in [-0.39, 0.29) is 0 Å². The van der Waals surface area contributed by atoms with Gasteiger partial charge in [-0.2, -0.15) is 0 Å². The van der Waals surface area contributed by atoms with Crippen molar-refractivity contribution in [3.8, 4) is 0 Å². The van der Waals surface area contributed by atoms with Crippen molar-refractivity contribution in [3.63, 3.8) is 0 Å². The van der Waals surface area contributed by atoms with Crippen LogP contribution in [0.2, 0.25) is 0 Å². The van der Waals surface area contributed by atoms with Crippen molar-refractivity contribution in [1.29, 1.82) is 0 Å². The Hall–Kier alpha value is -0.0400. The molecule has 1 aliphatic rings. The molecule has 1 nitrogen and oxygen atoms in total. The highest BCUT2D eigenvalue weighted by Gasteiger charge is 2.18. The van der Waals surface area contributed by atoms with E-state index in [2.05, 4.69) is 33.1 Å². The van der Waals surface area contributed by atoms with Gasteiger partial charge in [0.2, 0.25) is 0 Å². The van der Waals surface area contributed by atoms with E-state index in [0.717, 1.165) is 12.0 Å². The second-order valence-corrected chi connectivity index (χ2v) is 7.53. The minimum absolute atomic E-state index is 0.501. The second kappa shape index (κ2) is 8.19. The molecule has 18 heavy (non-hydrogen) atoms. The summed E-state index contributed by atoms with van der Waals surface area (Å²) in [6.07, 6.45) is 14.4. The Morgan fingerprint density at radius 3 is 2.17 bits per heavy atom. The molecule has 0 aromatic rings. The molecule has 1 heteroatoms. The lowest BCUT2D eigenvalue weighted by atomic mass is 9.86. The summed E-state index contributed by atoms with van der Waals surface area (Å²) < 4.78 is 0. The highest BCUT2D eigenvalue weighted by atomic mass is 14.9. The summed E-state index contributed by atoms with van der Waals surface area (Å²) in [5.74, 6) is 1.000. The Balaban J connectivity index is 2.23. The lowest BCUT2D eigenvalue weighted by Gasteiger charge is -2.24. The normalized spacial score (nSPS) is 20.7. The average molecular weight is 253 g/mol. The molecule has 0 heterocycles. The molecule has 1 unspecified atom stereocenters. The molecule has 0 aromatic heterocycles. The van der Waals surface area contributed by atoms with Crippen LogP contribution in [0.1, 0.15) is 85.0 Å². The van der Waals surface area contributed by atoms with E-state index in [1.54, 1.807) is 0 Å². The van der Waals surface area contributed by atoms with Crippen LogP contribution in [0.5, 0.6) is 0 Å². The minimum atomic E-state index is 0.501. The monoisotopic (exact) mass is 253 g/mol. The molecule has 0 radical (unpaired) electrons. The molecule has 1 N–H and O–H groups in total. The minimum Gasteiger partial charge on any atom is -0.317 e. The Labute approximate surface area is 115 Å². The molecule has 1 rings (SSSR count). The molecule has 1 saturated carbocycles. The van der Waals surface area contributed by atoms with Crippen LogP contribution >= 0.6 is 0 Å². The summed E-state index contributed by atoms with van der Waals surface area (Å²) in [5.41, 5.74) is 0.501. The van der Waals surface area contributed by atoms with Gasteiger partial charge in [0.15, 0.2) is 0 Å². The molecule has 108 valence electrons. The van der Waals surface area contributed by atoms with E-state index < -0.39 is 0 Å². The maximum absolute atomic E-state index is 3.56. The van der Waals surface area contributed by atoms with E-state index in [1.165, 1.54) is 64.2 Å². The topological polar surface area (TPSA) is 12.0 Å². The molecule has 0 spiro atoms. The van der Waals surface area contributed by atoms with Crippen LogP contribution in [0.25, 0.3) is 0 Å². The largest absolute Gasteiger partial charge is 0.317 e. The first-order valence-corrected chi connectivity index (χ1v) is 8.18. The molecule has 0 aromatic carbocycles. The van der Waals surface area contributed by atoms with Gasteiger partial charge in [0.25, 0.3) is 0 Å². The molecule has 1 atom stereocenters. The Morgan fingerprint density at radius 1 is 1.06 bits per heavy atom. The lowest BCUT2D eigenvalue weighted by Crippen LogP contribution is -2.28. The fourth-order valence-corrected chi connectivity index (χ4v) is 3.26. The second-order valence-electron chi connectivity index (χ2n) is 7.53. The number of nitrogens with one attached hydrogen (secondary N) is 1. The van der Waals surface area contributed by atoms with Crippen molar-refractivity contribution < 1.29 is 0 Å². The Kier molecular flexibility index (Phi) is 7.29. The summed E-state index contributed by atoms with van der Waals surface area (Å²) in [7, 11) is 2.15. The predicted octanol–water partition coefficient (Wildman–Crippen LogP) is 5.15. The van der Waals surface area contributed by atoms with Gasteiger partial charge < -0.3 is 5.32 Å². The van der Waals surface area contributed by atoms with Crippen molar-refractivity contribution in [1.82, 2.24) is 5.32 Å². The number of hydrogen-bond acceptors (Lipinski definition) is 1. The van der Waals surface area contributed by atoms with Gasteiger partial charge in [0, 0.05) is 6.04 Å². The SMILES string of the molecule is CNC(CCCC(C)(C)C)CC1CCCCCC1. The first kappa shape index (κ1) is 16.0. The molecule has 0 bridgehead atoms. The fraction of sp³-hybridized carbons (Fsp3) is 1.00. The Morgan fingerprint density at radius 2 is 1.67 bits per heavy atom. The third kappa shape index (κ3) is 7.41. The maximum atomic E-state index is 3.56. The van der Waals surface area contributed by atoms with Crippen molar-refractivity contribution in [2.45, 2.75) is 91.0 Å². The molecule has 0 aliphatic heterocycles. The van der Waals surface area contributed by atoms with Gasteiger partial charge in [-0.25, -0.2) is 0 Å². The van der Waals surface area contributed by atoms with E-state index in [1.807, 2.05) is 0 Å². The maximum Gasteiger partial charge on any atom is 0.00667 e. The van der Waals surface area contributed by atoms with Crippen molar-refractivity contribution in [2.24, 2.45) is 11.3 Å².